The van der Waals surface area contributed by atoms with E-state index >= 15 is 0 Å². The second-order valence-electron chi connectivity index (χ2n) is 7.94. The van der Waals surface area contributed by atoms with Crippen molar-refractivity contribution in [2.24, 2.45) is 0 Å². The molecule has 2 fully saturated rings. The van der Waals surface area contributed by atoms with Crippen LogP contribution in [0.15, 0.2) is 16.9 Å². The van der Waals surface area contributed by atoms with Crippen LogP contribution >= 0.6 is 0 Å². The Morgan fingerprint density at radius 3 is 2.64 bits per heavy atom. The number of ether oxygens (including phenoxy) is 1. The van der Waals surface area contributed by atoms with Gasteiger partial charge in [-0.25, -0.2) is 0 Å². The standard InChI is InChI=1S/C20H31N3O5/c1-16-13-17(24)14-19(26)23(16)7-3-18(25)22-6-2-4-20(27,5-8-22)15-21-9-11-28-12-10-21/h13-14,24,27H,2-12,15H2,1H3. The summed E-state index contributed by atoms with van der Waals surface area (Å²) >= 11 is 0. The van der Waals surface area contributed by atoms with E-state index in [0.29, 0.717) is 57.9 Å². The van der Waals surface area contributed by atoms with Crippen LogP contribution in [0, 0.1) is 6.92 Å². The lowest BCUT2D eigenvalue weighted by Crippen LogP contribution is -2.48. The Morgan fingerprint density at radius 2 is 1.93 bits per heavy atom. The summed E-state index contributed by atoms with van der Waals surface area (Å²) < 4.78 is 6.87. The van der Waals surface area contributed by atoms with E-state index in [1.54, 1.807) is 11.8 Å². The molecule has 3 rings (SSSR count). The van der Waals surface area contributed by atoms with Gasteiger partial charge in [0.15, 0.2) is 0 Å². The van der Waals surface area contributed by atoms with Gasteiger partial charge in [-0.2, -0.15) is 0 Å². The Bertz CT molecular complexity index is 744. The maximum Gasteiger partial charge on any atom is 0.254 e. The molecule has 0 bridgehead atoms. The van der Waals surface area contributed by atoms with Crippen molar-refractivity contribution >= 4 is 5.91 Å². The molecule has 2 N–H and O–H groups in total. The highest BCUT2D eigenvalue weighted by molar-refractivity contribution is 5.76. The molecule has 2 aliphatic heterocycles. The van der Waals surface area contributed by atoms with Gasteiger partial charge < -0.3 is 24.4 Å². The van der Waals surface area contributed by atoms with Gasteiger partial charge in [0.2, 0.25) is 5.91 Å². The molecule has 8 nitrogen and oxygen atoms in total. The molecule has 28 heavy (non-hydrogen) atoms. The molecule has 0 aromatic carbocycles. The molecule has 0 aliphatic carbocycles. The highest BCUT2D eigenvalue weighted by Crippen LogP contribution is 2.24. The van der Waals surface area contributed by atoms with Crippen molar-refractivity contribution in [3.8, 4) is 5.75 Å². The quantitative estimate of drug-likeness (QED) is 0.749. The normalized spacial score (nSPS) is 24.1. The number of nitrogens with zero attached hydrogens (tertiary/aromatic N) is 3. The number of aliphatic hydroxyl groups is 1. The van der Waals surface area contributed by atoms with Crippen LogP contribution in [-0.2, 0) is 16.1 Å². The van der Waals surface area contributed by atoms with Gasteiger partial charge in [0.05, 0.1) is 18.8 Å². The fourth-order valence-corrected chi connectivity index (χ4v) is 4.13. The lowest BCUT2D eigenvalue weighted by molar-refractivity contribution is -0.131. The molecular formula is C20H31N3O5. The van der Waals surface area contributed by atoms with Crippen molar-refractivity contribution in [2.75, 3.05) is 45.9 Å². The molecule has 2 saturated heterocycles. The second-order valence-corrected chi connectivity index (χ2v) is 7.94. The summed E-state index contributed by atoms with van der Waals surface area (Å²) in [5.74, 6) is -0.0628. The van der Waals surface area contributed by atoms with E-state index in [4.69, 9.17) is 4.74 Å². The summed E-state index contributed by atoms with van der Waals surface area (Å²) in [6, 6.07) is 2.68. The number of amides is 1. The van der Waals surface area contributed by atoms with Crippen molar-refractivity contribution in [2.45, 2.75) is 44.8 Å². The van der Waals surface area contributed by atoms with E-state index in [2.05, 4.69) is 4.90 Å². The van der Waals surface area contributed by atoms with E-state index in [0.717, 1.165) is 25.6 Å². The fraction of sp³-hybridized carbons (Fsp3) is 0.700. The Kier molecular flexibility index (Phi) is 6.74. The number of pyridine rings is 1. The Morgan fingerprint density at radius 1 is 1.18 bits per heavy atom. The summed E-state index contributed by atoms with van der Waals surface area (Å²) in [6.45, 7) is 6.91. The molecule has 3 heterocycles. The molecule has 0 spiro atoms. The number of carbonyl (C=O) groups is 1. The predicted molar refractivity (Wildman–Crippen MR) is 104 cm³/mol. The monoisotopic (exact) mass is 393 g/mol. The zero-order valence-electron chi connectivity index (χ0n) is 16.6. The smallest absolute Gasteiger partial charge is 0.254 e. The van der Waals surface area contributed by atoms with Gasteiger partial charge in [0, 0.05) is 57.4 Å². The van der Waals surface area contributed by atoms with E-state index in [-0.39, 0.29) is 23.6 Å². The lowest BCUT2D eigenvalue weighted by atomic mass is 9.94. The van der Waals surface area contributed by atoms with Crippen molar-refractivity contribution in [3.63, 3.8) is 0 Å². The number of carbonyl (C=O) groups excluding carboxylic acids is 1. The number of hydrogen-bond donors (Lipinski definition) is 2. The van der Waals surface area contributed by atoms with Crippen LogP contribution < -0.4 is 5.56 Å². The zero-order valence-corrected chi connectivity index (χ0v) is 16.6. The summed E-state index contributed by atoms with van der Waals surface area (Å²) in [4.78, 5) is 28.7. The van der Waals surface area contributed by atoms with Crippen LogP contribution in [-0.4, -0.2) is 82.0 Å². The molecule has 2 aliphatic rings. The molecule has 8 heteroatoms. The molecular weight excluding hydrogens is 362 g/mol. The number of hydrogen-bond acceptors (Lipinski definition) is 6. The number of likely N-dealkylation sites (tertiary alicyclic amines) is 1. The number of rotatable bonds is 5. The first-order valence-corrected chi connectivity index (χ1v) is 10.1. The third kappa shape index (κ3) is 5.33. The van der Waals surface area contributed by atoms with Gasteiger partial charge >= 0.3 is 0 Å². The first kappa shape index (κ1) is 20.8. The minimum Gasteiger partial charge on any atom is -0.508 e. The Balaban J connectivity index is 1.53. The summed E-state index contributed by atoms with van der Waals surface area (Å²) in [7, 11) is 0. The first-order chi connectivity index (χ1) is 13.4. The van der Waals surface area contributed by atoms with Crippen molar-refractivity contribution in [1.82, 2.24) is 14.4 Å². The van der Waals surface area contributed by atoms with Crippen molar-refractivity contribution in [1.29, 1.82) is 0 Å². The molecule has 1 aromatic rings. The molecule has 1 atom stereocenters. The summed E-state index contributed by atoms with van der Waals surface area (Å²) in [5, 5.41) is 20.5. The van der Waals surface area contributed by atoms with Crippen LogP contribution in [0.1, 0.15) is 31.4 Å². The fourth-order valence-electron chi connectivity index (χ4n) is 4.13. The largest absolute Gasteiger partial charge is 0.508 e. The number of aromatic hydroxyl groups is 1. The Hall–Kier alpha value is -1.90. The first-order valence-electron chi connectivity index (χ1n) is 10.1. The van der Waals surface area contributed by atoms with E-state index in [9.17, 15) is 19.8 Å². The molecule has 1 amide bonds. The SMILES string of the molecule is Cc1cc(O)cc(=O)n1CCC(=O)N1CCCC(O)(CN2CCOCC2)CC1. The van der Waals surface area contributed by atoms with Gasteiger partial charge in [0.1, 0.15) is 5.75 Å². The topological polar surface area (TPSA) is 95.2 Å². The van der Waals surface area contributed by atoms with Crippen LogP contribution in [0.3, 0.4) is 0 Å². The van der Waals surface area contributed by atoms with Crippen LogP contribution in [0.5, 0.6) is 5.75 Å². The third-order valence-corrected chi connectivity index (χ3v) is 5.76. The summed E-state index contributed by atoms with van der Waals surface area (Å²) in [6.07, 6.45) is 2.25. The molecule has 1 aromatic heterocycles. The second kappa shape index (κ2) is 9.07. The van der Waals surface area contributed by atoms with Gasteiger partial charge in [-0.1, -0.05) is 0 Å². The van der Waals surface area contributed by atoms with E-state index < -0.39 is 5.60 Å². The maximum absolute atomic E-state index is 12.7. The van der Waals surface area contributed by atoms with Gasteiger partial charge in [-0.3, -0.25) is 14.5 Å². The van der Waals surface area contributed by atoms with Crippen molar-refractivity contribution < 1.29 is 19.7 Å². The van der Waals surface area contributed by atoms with Crippen LogP contribution in [0.25, 0.3) is 0 Å². The molecule has 0 radical (unpaired) electrons. The van der Waals surface area contributed by atoms with Gasteiger partial charge in [-0.15, -0.1) is 0 Å². The number of aromatic nitrogens is 1. The molecule has 156 valence electrons. The lowest BCUT2D eigenvalue weighted by Gasteiger charge is -2.35. The summed E-state index contributed by atoms with van der Waals surface area (Å²) in [5.41, 5.74) is -0.439. The molecule has 0 saturated carbocycles. The highest BCUT2D eigenvalue weighted by atomic mass is 16.5. The highest BCUT2D eigenvalue weighted by Gasteiger charge is 2.33. The van der Waals surface area contributed by atoms with Gasteiger partial charge in [-0.05, 0) is 32.3 Å². The van der Waals surface area contributed by atoms with Crippen LogP contribution in [0.2, 0.25) is 0 Å². The number of aryl methyl sites for hydroxylation is 1. The number of morpholine rings is 1. The zero-order chi connectivity index (χ0) is 20.1. The maximum atomic E-state index is 12.7. The minimum atomic E-state index is -0.767. The predicted octanol–water partition coefficient (Wildman–Crippen LogP) is 0.328. The van der Waals surface area contributed by atoms with Crippen LogP contribution in [0.4, 0.5) is 0 Å². The number of β-amino-alcohol motifs (C(OH)–C–C–N with tert-alkyl or cyclic N) is 1. The van der Waals surface area contributed by atoms with Crippen molar-refractivity contribution in [3.05, 3.63) is 28.2 Å². The minimum absolute atomic E-state index is 0.00463. The third-order valence-electron chi connectivity index (χ3n) is 5.76. The molecule has 1 unspecified atom stereocenters. The Labute approximate surface area is 165 Å². The average molecular weight is 393 g/mol. The average Bonchev–Trinajstić information content (AvgIpc) is 2.83. The van der Waals surface area contributed by atoms with E-state index in [1.165, 1.54) is 10.6 Å². The van der Waals surface area contributed by atoms with Gasteiger partial charge in [0.25, 0.3) is 5.56 Å². The van der Waals surface area contributed by atoms with E-state index in [1.807, 2.05) is 0 Å².